The molecule has 5 heteroatoms. The Morgan fingerprint density at radius 2 is 1.78 bits per heavy atom. The summed E-state index contributed by atoms with van der Waals surface area (Å²) in [5.41, 5.74) is 5.98. The average molecular weight is 258 g/mol. The zero-order chi connectivity index (χ0) is 13.2. The minimum atomic E-state index is -4.31. The van der Waals surface area contributed by atoms with Crippen molar-refractivity contribution < 1.29 is 13.2 Å². The van der Waals surface area contributed by atoms with Crippen LogP contribution < -0.4 is 10.6 Å². The summed E-state index contributed by atoms with van der Waals surface area (Å²) in [6.45, 7) is 1.65. The second-order valence-electron chi connectivity index (χ2n) is 4.60. The fraction of sp³-hybridized carbons (Fsp3) is 0.538. The van der Waals surface area contributed by atoms with Gasteiger partial charge in [0, 0.05) is 25.3 Å². The van der Waals surface area contributed by atoms with Crippen LogP contribution in [0.15, 0.2) is 18.2 Å². The van der Waals surface area contributed by atoms with E-state index in [-0.39, 0.29) is 12.2 Å². The lowest BCUT2D eigenvalue weighted by atomic mass is 10.0. The van der Waals surface area contributed by atoms with Gasteiger partial charge in [-0.15, -0.1) is 0 Å². The van der Waals surface area contributed by atoms with Gasteiger partial charge in [-0.2, -0.15) is 13.2 Å². The Balaban J connectivity index is 2.40. The predicted octanol–water partition coefficient (Wildman–Crippen LogP) is 3.15. The van der Waals surface area contributed by atoms with Crippen molar-refractivity contribution >= 4 is 5.69 Å². The second-order valence-corrected chi connectivity index (χ2v) is 4.60. The number of hydrogen-bond acceptors (Lipinski definition) is 2. The molecule has 1 heterocycles. The van der Waals surface area contributed by atoms with E-state index in [2.05, 4.69) is 0 Å². The van der Waals surface area contributed by atoms with E-state index in [4.69, 9.17) is 5.73 Å². The molecule has 1 fully saturated rings. The third-order valence-corrected chi connectivity index (χ3v) is 3.30. The van der Waals surface area contributed by atoms with Crippen LogP contribution in [-0.4, -0.2) is 13.1 Å². The summed E-state index contributed by atoms with van der Waals surface area (Å²) in [7, 11) is 0. The first-order chi connectivity index (χ1) is 8.52. The van der Waals surface area contributed by atoms with Gasteiger partial charge in [-0.25, -0.2) is 0 Å². The Hall–Kier alpha value is -1.23. The molecular weight excluding hydrogens is 241 g/mol. The van der Waals surface area contributed by atoms with Gasteiger partial charge < -0.3 is 10.6 Å². The van der Waals surface area contributed by atoms with Gasteiger partial charge in [0.2, 0.25) is 0 Å². The summed E-state index contributed by atoms with van der Waals surface area (Å²) in [4.78, 5) is 1.82. The van der Waals surface area contributed by atoms with E-state index in [0.717, 1.165) is 30.9 Å². The largest absolute Gasteiger partial charge is 0.418 e. The lowest BCUT2D eigenvalue weighted by Gasteiger charge is -2.31. The van der Waals surface area contributed by atoms with Gasteiger partial charge >= 0.3 is 6.18 Å². The van der Waals surface area contributed by atoms with Crippen molar-refractivity contribution in [3.05, 3.63) is 29.3 Å². The van der Waals surface area contributed by atoms with Gasteiger partial charge in [0.05, 0.1) is 5.56 Å². The van der Waals surface area contributed by atoms with E-state index < -0.39 is 11.7 Å². The predicted molar refractivity (Wildman–Crippen MR) is 65.4 cm³/mol. The molecule has 2 N–H and O–H groups in total. The van der Waals surface area contributed by atoms with E-state index in [9.17, 15) is 13.2 Å². The molecule has 1 saturated heterocycles. The monoisotopic (exact) mass is 258 g/mol. The highest BCUT2D eigenvalue weighted by molar-refractivity contribution is 5.57. The van der Waals surface area contributed by atoms with Crippen molar-refractivity contribution in [1.82, 2.24) is 0 Å². The molecule has 0 unspecified atom stereocenters. The minimum absolute atomic E-state index is 0.263. The molecular formula is C13H17F3N2. The van der Waals surface area contributed by atoms with Crippen LogP contribution in [0.25, 0.3) is 0 Å². The molecule has 1 aliphatic rings. The van der Waals surface area contributed by atoms with E-state index >= 15 is 0 Å². The SMILES string of the molecule is NCc1ccc(C(F)(F)F)c(N2CCCCC2)c1. The Bertz CT molecular complexity index is 409. The molecule has 0 atom stereocenters. The first-order valence-corrected chi connectivity index (χ1v) is 6.17. The zero-order valence-electron chi connectivity index (χ0n) is 10.1. The van der Waals surface area contributed by atoms with Crippen molar-refractivity contribution in [2.75, 3.05) is 18.0 Å². The molecule has 0 bridgehead atoms. The number of hydrogen-bond donors (Lipinski definition) is 1. The van der Waals surface area contributed by atoms with Gasteiger partial charge in [0.15, 0.2) is 0 Å². The van der Waals surface area contributed by atoms with Crippen LogP contribution in [0.1, 0.15) is 30.4 Å². The maximum atomic E-state index is 13.0. The summed E-state index contributed by atoms with van der Waals surface area (Å²) in [5.74, 6) is 0. The fourth-order valence-corrected chi connectivity index (χ4v) is 2.34. The number of halogens is 3. The van der Waals surface area contributed by atoms with E-state index in [0.29, 0.717) is 13.1 Å². The molecule has 1 aromatic carbocycles. The number of anilines is 1. The Morgan fingerprint density at radius 3 is 2.33 bits per heavy atom. The molecule has 0 amide bonds. The average Bonchev–Trinajstić information content (AvgIpc) is 2.38. The third kappa shape index (κ3) is 2.77. The summed E-state index contributed by atoms with van der Waals surface area (Å²) < 4.78 is 38.9. The highest BCUT2D eigenvalue weighted by atomic mass is 19.4. The zero-order valence-corrected chi connectivity index (χ0v) is 10.1. The summed E-state index contributed by atoms with van der Waals surface area (Å²) in [6, 6.07) is 4.18. The van der Waals surface area contributed by atoms with Gasteiger partial charge in [0.1, 0.15) is 0 Å². The molecule has 0 spiro atoms. The van der Waals surface area contributed by atoms with Crippen LogP contribution in [0.3, 0.4) is 0 Å². The van der Waals surface area contributed by atoms with Crippen molar-refractivity contribution in [3.63, 3.8) is 0 Å². The van der Waals surface area contributed by atoms with Crippen LogP contribution in [0.4, 0.5) is 18.9 Å². The Kier molecular flexibility index (Phi) is 3.80. The van der Waals surface area contributed by atoms with Gasteiger partial charge in [-0.1, -0.05) is 6.07 Å². The smallest absolute Gasteiger partial charge is 0.371 e. The van der Waals surface area contributed by atoms with Crippen LogP contribution in [0.5, 0.6) is 0 Å². The first kappa shape index (κ1) is 13.2. The molecule has 0 radical (unpaired) electrons. The number of nitrogens with two attached hydrogens (primary N) is 1. The quantitative estimate of drug-likeness (QED) is 0.883. The van der Waals surface area contributed by atoms with Gasteiger partial charge in [-0.3, -0.25) is 0 Å². The normalized spacial score (nSPS) is 17.0. The summed E-state index contributed by atoms with van der Waals surface area (Å²) >= 11 is 0. The highest BCUT2D eigenvalue weighted by Crippen LogP contribution is 2.38. The fourth-order valence-electron chi connectivity index (χ4n) is 2.34. The number of nitrogens with zero attached hydrogens (tertiary/aromatic N) is 1. The van der Waals surface area contributed by atoms with Crippen LogP contribution in [0, 0.1) is 0 Å². The molecule has 0 saturated carbocycles. The van der Waals surface area contributed by atoms with Crippen LogP contribution >= 0.6 is 0 Å². The lowest BCUT2D eigenvalue weighted by molar-refractivity contribution is -0.137. The molecule has 18 heavy (non-hydrogen) atoms. The van der Waals surface area contributed by atoms with Crippen molar-refractivity contribution in [2.24, 2.45) is 5.73 Å². The number of alkyl halides is 3. The van der Waals surface area contributed by atoms with Crippen LogP contribution in [-0.2, 0) is 12.7 Å². The maximum Gasteiger partial charge on any atom is 0.418 e. The van der Waals surface area contributed by atoms with E-state index in [1.807, 2.05) is 4.90 Å². The molecule has 0 aliphatic carbocycles. The number of rotatable bonds is 2. The van der Waals surface area contributed by atoms with Crippen molar-refractivity contribution in [1.29, 1.82) is 0 Å². The Labute approximate surface area is 105 Å². The molecule has 0 aromatic heterocycles. The van der Waals surface area contributed by atoms with E-state index in [1.165, 1.54) is 6.07 Å². The summed E-state index contributed by atoms with van der Waals surface area (Å²) in [5, 5.41) is 0. The molecule has 1 aromatic rings. The third-order valence-electron chi connectivity index (χ3n) is 3.30. The highest BCUT2D eigenvalue weighted by Gasteiger charge is 2.35. The minimum Gasteiger partial charge on any atom is -0.371 e. The van der Waals surface area contributed by atoms with Gasteiger partial charge in [0.25, 0.3) is 0 Å². The van der Waals surface area contributed by atoms with Crippen molar-refractivity contribution in [2.45, 2.75) is 32.0 Å². The maximum absolute atomic E-state index is 13.0. The lowest BCUT2D eigenvalue weighted by Crippen LogP contribution is -2.31. The number of piperidine rings is 1. The first-order valence-electron chi connectivity index (χ1n) is 6.17. The van der Waals surface area contributed by atoms with Gasteiger partial charge in [-0.05, 0) is 37.0 Å². The molecule has 100 valence electrons. The van der Waals surface area contributed by atoms with Crippen LogP contribution in [0.2, 0.25) is 0 Å². The second kappa shape index (κ2) is 5.18. The molecule has 1 aliphatic heterocycles. The summed E-state index contributed by atoms with van der Waals surface area (Å²) in [6.07, 6.45) is -1.32. The topological polar surface area (TPSA) is 29.3 Å². The Morgan fingerprint density at radius 1 is 1.11 bits per heavy atom. The standard InChI is InChI=1S/C13H17F3N2/c14-13(15,16)11-5-4-10(9-17)8-12(11)18-6-2-1-3-7-18/h4-5,8H,1-3,6-7,9,17H2. The van der Waals surface area contributed by atoms with E-state index in [1.54, 1.807) is 6.07 Å². The molecule has 2 rings (SSSR count). The van der Waals surface area contributed by atoms with Crippen molar-refractivity contribution in [3.8, 4) is 0 Å². The molecule has 2 nitrogen and oxygen atoms in total. The number of benzene rings is 1.